The summed E-state index contributed by atoms with van der Waals surface area (Å²) in [5.41, 5.74) is 0.881. The highest BCUT2D eigenvalue weighted by Crippen LogP contribution is 2.34. The van der Waals surface area contributed by atoms with Gasteiger partial charge in [0.1, 0.15) is 11.5 Å². The third kappa shape index (κ3) is 4.15. The second-order valence-electron chi connectivity index (χ2n) is 5.62. The van der Waals surface area contributed by atoms with Crippen molar-refractivity contribution in [2.45, 2.75) is 46.1 Å². The van der Waals surface area contributed by atoms with E-state index < -0.39 is 6.10 Å². The Morgan fingerprint density at radius 1 is 1.30 bits per heavy atom. The van der Waals surface area contributed by atoms with Crippen LogP contribution in [0.3, 0.4) is 0 Å². The van der Waals surface area contributed by atoms with Gasteiger partial charge in [-0.05, 0) is 37.5 Å². The Labute approximate surface area is 121 Å². The van der Waals surface area contributed by atoms with Crippen LogP contribution >= 0.6 is 0 Å². The van der Waals surface area contributed by atoms with Crippen molar-refractivity contribution in [1.82, 2.24) is 0 Å². The van der Waals surface area contributed by atoms with Gasteiger partial charge in [0.15, 0.2) is 6.10 Å². The molecule has 0 fully saturated rings. The Balaban J connectivity index is 3.03. The third-order valence-electron chi connectivity index (χ3n) is 2.92. The Bertz CT molecular complexity index is 460. The lowest BCUT2D eigenvalue weighted by molar-refractivity contribution is -0.150. The van der Waals surface area contributed by atoms with E-state index in [4.69, 9.17) is 14.2 Å². The van der Waals surface area contributed by atoms with Gasteiger partial charge in [0, 0.05) is 5.56 Å². The zero-order chi connectivity index (χ0) is 15.3. The summed E-state index contributed by atoms with van der Waals surface area (Å²) in [5, 5.41) is 0. The van der Waals surface area contributed by atoms with E-state index in [1.807, 2.05) is 18.2 Å². The van der Waals surface area contributed by atoms with Gasteiger partial charge in [-0.3, -0.25) is 0 Å². The van der Waals surface area contributed by atoms with Crippen molar-refractivity contribution in [3.63, 3.8) is 0 Å². The number of ether oxygens (including phenoxy) is 3. The number of carbonyl (C=O) groups is 1. The molecule has 0 N–H and O–H groups in total. The molecule has 1 rings (SSSR count). The summed E-state index contributed by atoms with van der Waals surface area (Å²) in [6, 6.07) is 5.59. The number of carbonyl (C=O) groups excluding carboxylic acids is 1. The van der Waals surface area contributed by atoms with Crippen molar-refractivity contribution in [3.8, 4) is 11.5 Å². The van der Waals surface area contributed by atoms with Crippen LogP contribution < -0.4 is 9.47 Å². The molecule has 0 aliphatic heterocycles. The summed E-state index contributed by atoms with van der Waals surface area (Å²) < 4.78 is 16.0. The maximum absolute atomic E-state index is 11.7. The minimum atomic E-state index is -0.635. The predicted molar refractivity (Wildman–Crippen MR) is 78.4 cm³/mol. The van der Waals surface area contributed by atoms with Gasteiger partial charge in [-0.15, -0.1) is 0 Å². The monoisotopic (exact) mass is 280 g/mol. The van der Waals surface area contributed by atoms with Crippen LogP contribution in [-0.4, -0.2) is 25.8 Å². The summed E-state index contributed by atoms with van der Waals surface area (Å²) in [5.74, 6) is 1.09. The average molecular weight is 280 g/mol. The lowest BCUT2D eigenvalue weighted by atomic mass is 9.86. The molecule has 1 atom stereocenters. The van der Waals surface area contributed by atoms with E-state index in [9.17, 15) is 4.79 Å². The number of benzene rings is 1. The first kappa shape index (κ1) is 16.3. The van der Waals surface area contributed by atoms with Gasteiger partial charge in [0.05, 0.1) is 13.7 Å². The molecule has 0 aliphatic carbocycles. The van der Waals surface area contributed by atoms with Crippen molar-refractivity contribution in [2.75, 3.05) is 13.7 Å². The van der Waals surface area contributed by atoms with Crippen LogP contribution in [0, 0.1) is 0 Å². The zero-order valence-electron chi connectivity index (χ0n) is 13.1. The van der Waals surface area contributed by atoms with Crippen LogP contribution in [0.4, 0.5) is 0 Å². The van der Waals surface area contributed by atoms with Crippen molar-refractivity contribution in [3.05, 3.63) is 23.8 Å². The molecule has 4 heteroatoms. The SMILES string of the molecule is CCOC(=O)C(C)Oc1ccc(OC)cc1C(C)(C)C. The number of hydrogen-bond acceptors (Lipinski definition) is 4. The molecule has 112 valence electrons. The van der Waals surface area contributed by atoms with Gasteiger partial charge in [0.2, 0.25) is 0 Å². The van der Waals surface area contributed by atoms with Crippen LogP contribution in [0.25, 0.3) is 0 Å². The van der Waals surface area contributed by atoms with Crippen molar-refractivity contribution in [1.29, 1.82) is 0 Å². The van der Waals surface area contributed by atoms with E-state index in [2.05, 4.69) is 20.8 Å². The predicted octanol–water partition coefficient (Wildman–Crippen LogP) is 3.32. The highest BCUT2D eigenvalue weighted by atomic mass is 16.6. The van der Waals surface area contributed by atoms with E-state index in [0.717, 1.165) is 11.3 Å². The first-order valence-corrected chi connectivity index (χ1v) is 6.81. The topological polar surface area (TPSA) is 44.8 Å². The van der Waals surface area contributed by atoms with Gasteiger partial charge in [0.25, 0.3) is 0 Å². The van der Waals surface area contributed by atoms with Crippen molar-refractivity contribution in [2.24, 2.45) is 0 Å². The number of rotatable bonds is 5. The molecule has 0 heterocycles. The lowest BCUT2D eigenvalue weighted by Gasteiger charge is -2.25. The average Bonchev–Trinajstić information content (AvgIpc) is 2.38. The second-order valence-corrected chi connectivity index (χ2v) is 5.62. The van der Waals surface area contributed by atoms with E-state index in [1.54, 1.807) is 21.0 Å². The molecule has 1 aromatic rings. The standard InChI is InChI=1S/C16H24O4/c1-7-19-15(17)11(2)20-14-9-8-12(18-6)10-13(14)16(3,4)5/h8-11H,7H2,1-6H3. The Hall–Kier alpha value is -1.71. The molecule has 0 aromatic heterocycles. The molecule has 0 spiro atoms. The van der Waals surface area contributed by atoms with Crippen LogP contribution in [0.5, 0.6) is 11.5 Å². The minimum absolute atomic E-state index is 0.113. The van der Waals surface area contributed by atoms with Gasteiger partial charge in [-0.25, -0.2) is 4.79 Å². The fourth-order valence-electron chi connectivity index (χ4n) is 1.82. The molecule has 20 heavy (non-hydrogen) atoms. The Morgan fingerprint density at radius 3 is 2.45 bits per heavy atom. The molecule has 0 saturated heterocycles. The van der Waals surface area contributed by atoms with Gasteiger partial charge in [-0.1, -0.05) is 20.8 Å². The summed E-state index contributed by atoms with van der Waals surface area (Å²) in [6.45, 7) is 10.1. The van der Waals surface area contributed by atoms with Crippen LogP contribution in [0.1, 0.15) is 40.2 Å². The normalized spacial score (nSPS) is 12.7. The summed E-state index contributed by atoms with van der Waals surface area (Å²) in [7, 11) is 1.63. The molecular formula is C16H24O4. The molecule has 0 bridgehead atoms. The second kappa shape index (κ2) is 6.64. The minimum Gasteiger partial charge on any atom is -0.497 e. The molecule has 0 saturated carbocycles. The quantitative estimate of drug-likeness (QED) is 0.776. The molecule has 0 radical (unpaired) electrons. The Morgan fingerprint density at radius 2 is 1.95 bits per heavy atom. The largest absolute Gasteiger partial charge is 0.497 e. The van der Waals surface area contributed by atoms with Crippen molar-refractivity contribution >= 4 is 5.97 Å². The number of esters is 1. The number of hydrogen-bond donors (Lipinski definition) is 0. The van der Waals surface area contributed by atoms with Crippen LogP contribution in [0.2, 0.25) is 0 Å². The molecule has 0 amide bonds. The summed E-state index contributed by atoms with van der Waals surface area (Å²) in [4.78, 5) is 11.7. The fourth-order valence-corrected chi connectivity index (χ4v) is 1.82. The van der Waals surface area contributed by atoms with E-state index in [0.29, 0.717) is 12.4 Å². The first-order valence-electron chi connectivity index (χ1n) is 6.81. The highest BCUT2D eigenvalue weighted by Gasteiger charge is 2.23. The van der Waals surface area contributed by atoms with Gasteiger partial charge >= 0.3 is 5.97 Å². The highest BCUT2D eigenvalue weighted by molar-refractivity contribution is 5.74. The van der Waals surface area contributed by atoms with Crippen LogP contribution in [0.15, 0.2) is 18.2 Å². The zero-order valence-corrected chi connectivity index (χ0v) is 13.1. The molecular weight excluding hydrogens is 256 g/mol. The lowest BCUT2D eigenvalue weighted by Crippen LogP contribution is -2.27. The van der Waals surface area contributed by atoms with E-state index in [-0.39, 0.29) is 11.4 Å². The van der Waals surface area contributed by atoms with E-state index in [1.165, 1.54) is 0 Å². The number of methoxy groups -OCH3 is 1. The Kier molecular flexibility index (Phi) is 5.43. The molecule has 1 aromatic carbocycles. The van der Waals surface area contributed by atoms with Gasteiger partial charge < -0.3 is 14.2 Å². The first-order chi connectivity index (χ1) is 9.29. The maximum Gasteiger partial charge on any atom is 0.347 e. The third-order valence-corrected chi connectivity index (χ3v) is 2.92. The summed E-state index contributed by atoms with van der Waals surface area (Å²) in [6.07, 6.45) is -0.635. The van der Waals surface area contributed by atoms with E-state index >= 15 is 0 Å². The molecule has 4 nitrogen and oxygen atoms in total. The fraction of sp³-hybridized carbons (Fsp3) is 0.562. The van der Waals surface area contributed by atoms with Crippen molar-refractivity contribution < 1.29 is 19.0 Å². The van der Waals surface area contributed by atoms with Crippen LogP contribution in [-0.2, 0) is 14.9 Å². The molecule has 0 aliphatic rings. The summed E-state index contributed by atoms with van der Waals surface area (Å²) >= 11 is 0. The maximum atomic E-state index is 11.7. The molecule has 1 unspecified atom stereocenters. The van der Waals surface area contributed by atoms with Gasteiger partial charge in [-0.2, -0.15) is 0 Å². The smallest absolute Gasteiger partial charge is 0.347 e.